The van der Waals surface area contributed by atoms with Gasteiger partial charge in [0.05, 0.1) is 11.4 Å². The van der Waals surface area contributed by atoms with E-state index in [0.29, 0.717) is 12.0 Å². The number of anilines is 2. The normalized spacial score (nSPS) is 11.3. The third-order valence-corrected chi connectivity index (χ3v) is 3.56. The van der Waals surface area contributed by atoms with Gasteiger partial charge in [-0.1, -0.05) is 39.8 Å². The predicted molar refractivity (Wildman–Crippen MR) is 82.1 cm³/mol. The fraction of sp³-hybridized carbons (Fsp3) is 0.625. The lowest BCUT2D eigenvalue weighted by molar-refractivity contribution is 0.508. The van der Waals surface area contributed by atoms with Gasteiger partial charge in [0.1, 0.15) is 0 Å². The van der Waals surface area contributed by atoms with Crippen LogP contribution in [-0.2, 0) is 0 Å². The largest absolute Gasteiger partial charge is 0.397 e. The summed E-state index contributed by atoms with van der Waals surface area (Å²) in [6, 6.07) is 6.93. The van der Waals surface area contributed by atoms with Gasteiger partial charge in [-0.15, -0.1) is 0 Å². The summed E-state index contributed by atoms with van der Waals surface area (Å²) in [5.41, 5.74) is 9.58. The molecule has 0 saturated carbocycles. The van der Waals surface area contributed by atoms with E-state index in [4.69, 9.17) is 5.73 Å². The lowest BCUT2D eigenvalue weighted by Crippen LogP contribution is -2.37. The minimum atomic E-state index is 0.580. The van der Waals surface area contributed by atoms with Crippen molar-refractivity contribution in [3.63, 3.8) is 0 Å². The smallest absolute Gasteiger partial charge is 0.0605 e. The van der Waals surface area contributed by atoms with E-state index in [9.17, 15) is 0 Å². The molecule has 2 nitrogen and oxygen atoms in total. The van der Waals surface area contributed by atoms with E-state index in [1.54, 1.807) is 0 Å². The van der Waals surface area contributed by atoms with Gasteiger partial charge in [-0.2, -0.15) is 0 Å². The molecule has 0 spiro atoms. The number of para-hydroxylation sites is 1. The van der Waals surface area contributed by atoms with Crippen molar-refractivity contribution in [2.75, 3.05) is 17.2 Å². The van der Waals surface area contributed by atoms with Gasteiger partial charge in [0, 0.05) is 12.6 Å². The highest BCUT2D eigenvalue weighted by atomic mass is 15.2. The molecule has 2 heteroatoms. The molecule has 0 amide bonds. The maximum Gasteiger partial charge on any atom is 0.0605 e. The van der Waals surface area contributed by atoms with Crippen LogP contribution in [0.1, 0.15) is 46.1 Å². The molecule has 0 bridgehead atoms. The second-order valence-electron chi connectivity index (χ2n) is 5.52. The Morgan fingerprint density at radius 2 is 1.78 bits per heavy atom. The molecule has 2 N–H and O–H groups in total. The molecule has 1 aromatic rings. The molecule has 18 heavy (non-hydrogen) atoms. The number of nitrogens with zero attached hydrogens (tertiary/aromatic N) is 1. The van der Waals surface area contributed by atoms with E-state index in [-0.39, 0.29) is 0 Å². The molecule has 1 rings (SSSR count). The topological polar surface area (TPSA) is 29.3 Å². The van der Waals surface area contributed by atoms with Crippen LogP contribution >= 0.6 is 0 Å². The molecule has 0 saturated heterocycles. The number of nitrogens with two attached hydrogens (primary N) is 1. The molecular weight excluding hydrogens is 220 g/mol. The van der Waals surface area contributed by atoms with Crippen molar-refractivity contribution in [3.8, 4) is 0 Å². The Morgan fingerprint density at radius 1 is 1.17 bits per heavy atom. The molecule has 0 aliphatic carbocycles. The number of nitrogen functional groups attached to an aromatic ring is 1. The monoisotopic (exact) mass is 248 g/mol. The summed E-state index contributed by atoms with van der Waals surface area (Å²) in [5.74, 6) is 0.644. The van der Waals surface area contributed by atoms with Gasteiger partial charge in [-0.3, -0.25) is 0 Å². The Hall–Kier alpha value is -1.18. The number of aryl methyl sites for hydroxylation is 1. The second kappa shape index (κ2) is 6.67. The highest BCUT2D eigenvalue weighted by Crippen LogP contribution is 2.30. The van der Waals surface area contributed by atoms with Gasteiger partial charge < -0.3 is 10.6 Å². The minimum absolute atomic E-state index is 0.580. The molecule has 0 heterocycles. The molecule has 0 unspecified atom stereocenters. The summed E-state index contributed by atoms with van der Waals surface area (Å²) in [4.78, 5) is 2.49. The standard InChI is InChI=1S/C16H28N2/c1-6-14(7-2)18(11-12(3)4)15-10-8-9-13(5)16(15)17/h8-10,12,14H,6-7,11,17H2,1-5H3. The van der Waals surface area contributed by atoms with Gasteiger partial charge in [0.2, 0.25) is 0 Å². The number of benzene rings is 1. The zero-order chi connectivity index (χ0) is 13.7. The quantitative estimate of drug-likeness (QED) is 0.763. The third kappa shape index (κ3) is 3.41. The summed E-state index contributed by atoms with van der Waals surface area (Å²) in [6.45, 7) is 12.2. The Labute approximate surface area is 112 Å². The lowest BCUT2D eigenvalue weighted by Gasteiger charge is -2.35. The van der Waals surface area contributed by atoms with Crippen LogP contribution in [0.25, 0.3) is 0 Å². The van der Waals surface area contributed by atoms with Gasteiger partial charge >= 0.3 is 0 Å². The Kier molecular flexibility index (Phi) is 5.52. The van der Waals surface area contributed by atoms with Gasteiger partial charge in [-0.25, -0.2) is 0 Å². The summed E-state index contributed by atoms with van der Waals surface area (Å²) in [6.07, 6.45) is 2.33. The second-order valence-corrected chi connectivity index (χ2v) is 5.52. The third-order valence-electron chi connectivity index (χ3n) is 3.56. The molecular formula is C16H28N2. The fourth-order valence-electron chi connectivity index (χ4n) is 2.48. The van der Waals surface area contributed by atoms with Crippen molar-refractivity contribution in [3.05, 3.63) is 23.8 Å². The maximum absolute atomic E-state index is 6.26. The summed E-state index contributed by atoms with van der Waals surface area (Å²) in [7, 11) is 0. The molecule has 102 valence electrons. The molecule has 0 fully saturated rings. The minimum Gasteiger partial charge on any atom is -0.397 e. The molecule has 0 aromatic heterocycles. The first-order valence-electron chi connectivity index (χ1n) is 7.12. The zero-order valence-corrected chi connectivity index (χ0v) is 12.5. The van der Waals surface area contributed by atoms with E-state index in [2.05, 4.69) is 57.7 Å². The first-order chi connectivity index (χ1) is 8.51. The van der Waals surface area contributed by atoms with Crippen LogP contribution in [0.3, 0.4) is 0 Å². The highest BCUT2D eigenvalue weighted by molar-refractivity contribution is 5.71. The van der Waals surface area contributed by atoms with E-state index >= 15 is 0 Å². The van der Waals surface area contributed by atoms with Crippen LogP contribution in [0.2, 0.25) is 0 Å². The van der Waals surface area contributed by atoms with Crippen molar-refractivity contribution < 1.29 is 0 Å². The van der Waals surface area contributed by atoms with Crippen LogP contribution < -0.4 is 10.6 Å². The highest BCUT2D eigenvalue weighted by Gasteiger charge is 2.19. The summed E-state index contributed by atoms with van der Waals surface area (Å²) >= 11 is 0. The molecule has 0 radical (unpaired) electrons. The maximum atomic E-state index is 6.26. The summed E-state index contributed by atoms with van der Waals surface area (Å²) in [5, 5.41) is 0. The van der Waals surface area contributed by atoms with Crippen molar-refractivity contribution in [2.45, 2.75) is 53.5 Å². The van der Waals surface area contributed by atoms with Gasteiger partial charge in [-0.05, 0) is 37.3 Å². The molecule has 0 atom stereocenters. The van der Waals surface area contributed by atoms with Gasteiger partial charge in [0.15, 0.2) is 0 Å². The van der Waals surface area contributed by atoms with Crippen molar-refractivity contribution >= 4 is 11.4 Å². The van der Waals surface area contributed by atoms with Crippen molar-refractivity contribution in [2.24, 2.45) is 5.92 Å². The van der Waals surface area contributed by atoms with Crippen molar-refractivity contribution in [1.82, 2.24) is 0 Å². The van der Waals surface area contributed by atoms with Crippen LogP contribution in [0, 0.1) is 12.8 Å². The SMILES string of the molecule is CCC(CC)N(CC(C)C)c1cccc(C)c1N. The Balaban J connectivity index is 3.12. The molecule has 0 aliphatic rings. The Morgan fingerprint density at radius 3 is 2.28 bits per heavy atom. The number of hydrogen-bond donors (Lipinski definition) is 1. The Bertz CT molecular complexity index is 367. The van der Waals surface area contributed by atoms with Crippen LogP contribution in [-0.4, -0.2) is 12.6 Å². The van der Waals surface area contributed by atoms with Gasteiger partial charge in [0.25, 0.3) is 0 Å². The van der Waals surface area contributed by atoms with Crippen molar-refractivity contribution in [1.29, 1.82) is 0 Å². The van der Waals surface area contributed by atoms with E-state index < -0.39 is 0 Å². The molecule has 0 aliphatic heterocycles. The predicted octanol–water partition coefficient (Wildman–Crippen LogP) is 4.23. The first kappa shape index (κ1) is 14.9. The van der Waals surface area contributed by atoms with E-state index in [1.165, 1.54) is 11.3 Å². The zero-order valence-electron chi connectivity index (χ0n) is 12.5. The van der Waals surface area contributed by atoms with E-state index in [1.807, 2.05) is 0 Å². The lowest BCUT2D eigenvalue weighted by atomic mass is 10.0. The first-order valence-corrected chi connectivity index (χ1v) is 7.12. The number of rotatable bonds is 6. The van der Waals surface area contributed by atoms with Crippen LogP contribution in [0.4, 0.5) is 11.4 Å². The number of hydrogen-bond acceptors (Lipinski definition) is 2. The fourth-order valence-corrected chi connectivity index (χ4v) is 2.48. The van der Waals surface area contributed by atoms with Crippen LogP contribution in [0.5, 0.6) is 0 Å². The van der Waals surface area contributed by atoms with Crippen LogP contribution in [0.15, 0.2) is 18.2 Å². The van der Waals surface area contributed by atoms with E-state index in [0.717, 1.165) is 25.1 Å². The molecule has 1 aromatic carbocycles. The average molecular weight is 248 g/mol. The summed E-state index contributed by atoms with van der Waals surface area (Å²) < 4.78 is 0. The average Bonchev–Trinajstić information content (AvgIpc) is 2.32.